The van der Waals surface area contributed by atoms with Gasteiger partial charge in [0, 0.05) is 17.9 Å². The lowest BCUT2D eigenvalue weighted by molar-refractivity contribution is -0.223. The number of aliphatic hydroxyl groups excluding tert-OH is 1. The third-order valence-electron chi connectivity index (χ3n) is 10.3. The molecular weight excluding hydrogens is 368 g/mol. The lowest BCUT2D eigenvalue weighted by atomic mass is 9.42. The van der Waals surface area contributed by atoms with Crippen molar-refractivity contribution in [1.82, 2.24) is 0 Å². The molecule has 1 saturated heterocycles. The Balaban J connectivity index is 1.37. The standard InChI is InChI=1S/C24H32O5/c1-21-8-5-15(25)12-23(21,27)10-7-17-16(21)6-9-22(2)18(11-19-24(17,22)29-19)14-3-4-20(26)28-13-14/h3-4,13,15-19,25,27H,5-12H2,1-2H3/t15-,16-,17+,18+,19-,21+,22+,23-,24+/m0/s1. The molecule has 1 aromatic rings. The molecule has 29 heavy (non-hydrogen) atoms. The number of hydrogen-bond acceptors (Lipinski definition) is 5. The molecule has 0 bridgehead atoms. The Morgan fingerprint density at radius 2 is 1.79 bits per heavy atom. The van der Waals surface area contributed by atoms with Gasteiger partial charge in [-0.15, -0.1) is 0 Å². The molecule has 1 spiro atoms. The zero-order valence-electron chi connectivity index (χ0n) is 17.4. The minimum absolute atomic E-state index is 0.0404. The molecule has 2 N–H and O–H groups in total. The van der Waals surface area contributed by atoms with Crippen LogP contribution in [0.5, 0.6) is 0 Å². The van der Waals surface area contributed by atoms with Gasteiger partial charge in [0.15, 0.2) is 0 Å². The fraction of sp³-hybridized carbons (Fsp3) is 0.792. The molecule has 2 heterocycles. The summed E-state index contributed by atoms with van der Waals surface area (Å²) in [5.41, 5.74) is -0.118. The van der Waals surface area contributed by atoms with Crippen LogP contribution in [0, 0.1) is 22.7 Å². The van der Waals surface area contributed by atoms with Crippen LogP contribution < -0.4 is 5.63 Å². The molecule has 5 nitrogen and oxygen atoms in total. The third-order valence-corrected chi connectivity index (χ3v) is 10.3. The van der Waals surface area contributed by atoms with Crippen LogP contribution in [0.4, 0.5) is 0 Å². The normalized spacial score (nSPS) is 55.4. The van der Waals surface area contributed by atoms with Gasteiger partial charge in [-0.25, -0.2) is 4.79 Å². The van der Waals surface area contributed by atoms with Crippen LogP contribution in [0.2, 0.25) is 0 Å². The highest BCUT2D eigenvalue weighted by atomic mass is 16.6. The van der Waals surface area contributed by atoms with Gasteiger partial charge in [0.2, 0.25) is 0 Å². The summed E-state index contributed by atoms with van der Waals surface area (Å²) in [5.74, 6) is 1.26. The van der Waals surface area contributed by atoms with Gasteiger partial charge in [-0.1, -0.05) is 13.8 Å². The maximum Gasteiger partial charge on any atom is 0.335 e. The molecule has 0 amide bonds. The Morgan fingerprint density at radius 1 is 1.03 bits per heavy atom. The second-order valence-corrected chi connectivity index (χ2v) is 11.1. The van der Waals surface area contributed by atoms with Gasteiger partial charge in [0.25, 0.3) is 0 Å². The van der Waals surface area contributed by atoms with Crippen molar-refractivity contribution in [2.75, 3.05) is 0 Å². The van der Waals surface area contributed by atoms with E-state index in [9.17, 15) is 15.0 Å². The lowest BCUT2D eigenvalue weighted by Crippen LogP contribution is -2.65. The van der Waals surface area contributed by atoms with E-state index in [4.69, 9.17) is 9.15 Å². The molecule has 4 saturated carbocycles. The van der Waals surface area contributed by atoms with Crippen molar-refractivity contribution >= 4 is 0 Å². The SMILES string of the molecule is C[C@]12CC[C@H](O)C[C@@]1(O)CC[C@@H]1[C@@H]2CC[C@]2(C)[C@@H](c3ccc(=O)oc3)C[C@@H]3O[C@@]312. The molecule has 0 aromatic carbocycles. The average Bonchev–Trinajstić information content (AvgIpc) is 3.34. The van der Waals surface area contributed by atoms with E-state index in [1.54, 1.807) is 6.26 Å². The van der Waals surface area contributed by atoms with E-state index in [-0.39, 0.29) is 34.3 Å². The topological polar surface area (TPSA) is 83.2 Å². The van der Waals surface area contributed by atoms with Gasteiger partial charge in [-0.3, -0.25) is 0 Å². The number of ether oxygens (including phenoxy) is 1. The first-order valence-electron chi connectivity index (χ1n) is 11.4. The van der Waals surface area contributed by atoms with Crippen molar-refractivity contribution in [3.05, 3.63) is 34.4 Å². The van der Waals surface area contributed by atoms with Crippen LogP contribution in [0.25, 0.3) is 0 Å². The minimum Gasteiger partial charge on any atom is -0.431 e. The predicted molar refractivity (Wildman–Crippen MR) is 106 cm³/mol. The Labute approximate surface area is 171 Å². The van der Waals surface area contributed by atoms with Crippen LogP contribution in [-0.2, 0) is 4.74 Å². The fourth-order valence-electron chi connectivity index (χ4n) is 8.73. The summed E-state index contributed by atoms with van der Waals surface area (Å²) >= 11 is 0. The smallest absolute Gasteiger partial charge is 0.335 e. The molecule has 9 atom stereocenters. The van der Waals surface area contributed by atoms with Crippen molar-refractivity contribution in [1.29, 1.82) is 0 Å². The zero-order valence-corrected chi connectivity index (χ0v) is 17.4. The molecule has 158 valence electrons. The highest BCUT2D eigenvalue weighted by Gasteiger charge is 2.81. The highest BCUT2D eigenvalue weighted by Crippen LogP contribution is 2.78. The molecule has 0 radical (unpaired) electrons. The molecule has 1 aromatic heterocycles. The van der Waals surface area contributed by atoms with Crippen LogP contribution in [0.3, 0.4) is 0 Å². The lowest BCUT2D eigenvalue weighted by Gasteiger charge is -2.64. The quantitative estimate of drug-likeness (QED) is 0.706. The molecule has 1 aliphatic heterocycles. The molecule has 6 rings (SSSR count). The monoisotopic (exact) mass is 400 g/mol. The van der Waals surface area contributed by atoms with Crippen molar-refractivity contribution in [3.63, 3.8) is 0 Å². The van der Waals surface area contributed by atoms with Gasteiger partial charge in [-0.05, 0) is 79.7 Å². The molecular formula is C24H32O5. The largest absolute Gasteiger partial charge is 0.431 e. The first kappa shape index (κ1) is 18.6. The molecule has 5 aliphatic rings. The molecule has 5 heteroatoms. The summed E-state index contributed by atoms with van der Waals surface area (Å²) in [7, 11) is 0. The number of aliphatic hydroxyl groups is 2. The van der Waals surface area contributed by atoms with E-state index in [2.05, 4.69) is 13.8 Å². The summed E-state index contributed by atoms with van der Waals surface area (Å²) < 4.78 is 11.8. The Kier molecular flexibility index (Phi) is 3.55. The van der Waals surface area contributed by atoms with Crippen molar-refractivity contribution in [2.45, 2.75) is 94.5 Å². The van der Waals surface area contributed by atoms with E-state index >= 15 is 0 Å². The van der Waals surface area contributed by atoms with Crippen molar-refractivity contribution < 1.29 is 19.4 Å². The van der Waals surface area contributed by atoms with Crippen molar-refractivity contribution in [3.8, 4) is 0 Å². The van der Waals surface area contributed by atoms with Gasteiger partial charge in [-0.2, -0.15) is 0 Å². The summed E-state index contributed by atoms with van der Waals surface area (Å²) in [5, 5.41) is 21.8. The number of rotatable bonds is 1. The average molecular weight is 401 g/mol. The zero-order chi connectivity index (χ0) is 20.2. The number of hydrogen-bond donors (Lipinski definition) is 2. The van der Waals surface area contributed by atoms with Gasteiger partial charge < -0.3 is 19.4 Å². The second kappa shape index (κ2) is 5.54. The predicted octanol–water partition coefficient (Wildman–Crippen LogP) is 3.37. The third kappa shape index (κ3) is 2.10. The first-order chi connectivity index (χ1) is 13.7. The minimum atomic E-state index is -0.749. The summed E-state index contributed by atoms with van der Waals surface area (Å²) in [6.45, 7) is 4.67. The van der Waals surface area contributed by atoms with Crippen LogP contribution in [0.1, 0.15) is 76.7 Å². The summed E-state index contributed by atoms with van der Waals surface area (Å²) in [6.07, 6.45) is 8.69. The number of fused-ring (bicyclic) bond motifs is 3. The number of epoxide rings is 1. The Morgan fingerprint density at radius 3 is 2.55 bits per heavy atom. The molecule has 5 fully saturated rings. The Bertz CT molecular complexity index is 890. The maximum absolute atomic E-state index is 11.6. The highest BCUT2D eigenvalue weighted by molar-refractivity contribution is 5.35. The second-order valence-electron chi connectivity index (χ2n) is 11.1. The van der Waals surface area contributed by atoms with Gasteiger partial charge in [0.1, 0.15) is 5.60 Å². The van der Waals surface area contributed by atoms with Crippen LogP contribution >= 0.6 is 0 Å². The fourth-order valence-corrected chi connectivity index (χ4v) is 8.73. The molecule has 4 aliphatic carbocycles. The summed E-state index contributed by atoms with van der Waals surface area (Å²) in [6, 6.07) is 3.48. The van der Waals surface area contributed by atoms with E-state index in [1.165, 1.54) is 6.07 Å². The summed E-state index contributed by atoms with van der Waals surface area (Å²) in [4.78, 5) is 11.4. The van der Waals surface area contributed by atoms with Crippen molar-refractivity contribution in [2.24, 2.45) is 22.7 Å². The Hall–Kier alpha value is -1.17. The van der Waals surface area contributed by atoms with E-state index in [0.717, 1.165) is 50.5 Å². The molecule has 0 unspecified atom stereocenters. The van der Waals surface area contributed by atoms with Crippen LogP contribution in [0.15, 0.2) is 27.6 Å². The van der Waals surface area contributed by atoms with Gasteiger partial charge >= 0.3 is 5.63 Å². The van der Waals surface area contributed by atoms with Gasteiger partial charge in [0.05, 0.1) is 24.1 Å². The van der Waals surface area contributed by atoms with E-state index < -0.39 is 5.60 Å². The van der Waals surface area contributed by atoms with Crippen LogP contribution in [-0.4, -0.2) is 33.6 Å². The van der Waals surface area contributed by atoms with E-state index in [0.29, 0.717) is 24.2 Å². The maximum atomic E-state index is 11.6. The first-order valence-corrected chi connectivity index (χ1v) is 11.4. The van der Waals surface area contributed by atoms with E-state index in [1.807, 2.05) is 6.07 Å².